The van der Waals surface area contributed by atoms with Crippen LogP contribution in [-0.2, 0) is 9.53 Å². The maximum atomic E-state index is 11.8. The van der Waals surface area contributed by atoms with Crippen molar-refractivity contribution in [1.82, 2.24) is 5.32 Å². The number of amides is 1. The fourth-order valence-corrected chi connectivity index (χ4v) is 1.81. The Bertz CT molecular complexity index is 427. The Labute approximate surface area is 125 Å². The van der Waals surface area contributed by atoms with Crippen LogP contribution in [0.15, 0.2) is 18.2 Å². The van der Waals surface area contributed by atoms with E-state index in [0.717, 1.165) is 0 Å². The van der Waals surface area contributed by atoms with Crippen LogP contribution in [0.25, 0.3) is 0 Å². The zero-order valence-corrected chi connectivity index (χ0v) is 12.0. The van der Waals surface area contributed by atoms with Crippen molar-refractivity contribution in [1.29, 1.82) is 0 Å². The molecule has 1 aromatic carbocycles. The first-order valence-electron chi connectivity index (χ1n) is 5.81. The first-order chi connectivity index (χ1) is 9.50. The predicted molar refractivity (Wildman–Crippen MR) is 74.8 cm³/mol. The highest BCUT2D eigenvalue weighted by atomic mass is 35.5. The molecule has 1 aromatic rings. The van der Waals surface area contributed by atoms with Crippen LogP contribution in [0.4, 0.5) is 14.5 Å². The maximum absolute atomic E-state index is 11.8. The minimum Gasteiger partial charge on any atom is -0.374 e. The summed E-state index contributed by atoms with van der Waals surface area (Å²) in [6.07, 6.45) is -2.49. The van der Waals surface area contributed by atoms with E-state index in [1.807, 2.05) is 0 Å². The summed E-state index contributed by atoms with van der Waals surface area (Å²) in [4.78, 5) is 11.6. The molecule has 0 aliphatic carbocycles. The Morgan fingerprint density at radius 2 is 1.95 bits per heavy atom. The van der Waals surface area contributed by atoms with Crippen LogP contribution in [-0.4, -0.2) is 38.6 Å². The number of halogens is 4. The molecular formula is C12H14Cl2F2N2O2. The van der Waals surface area contributed by atoms with Crippen LogP contribution in [0.2, 0.25) is 10.0 Å². The quantitative estimate of drug-likeness (QED) is 0.722. The monoisotopic (exact) mass is 326 g/mol. The largest absolute Gasteiger partial charge is 0.374 e. The average molecular weight is 327 g/mol. The molecule has 2 N–H and O–H groups in total. The van der Waals surface area contributed by atoms with Gasteiger partial charge in [-0.05, 0) is 12.1 Å². The number of carbonyl (C=O) groups excluding carboxylic acids is 1. The number of ether oxygens (including phenoxy) is 1. The Balaban J connectivity index is 2.24. The SMILES string of the molecule is O=C(CNCCOCC(F)F)Nc1c(Cl)cccc1Cl. The number of rotatable bonds is 8. The predicted octanol–water partition coefficient (Wildman–Crippen LogP) is 2.80. The Morgan fingerprint density at radius 1 is 1.30 bits per heavy atom. The van der Waals surface area contributed by atoms with Gasteiger partial charge in [0.15, 0.2) is 0 Å². The number of hydrogen-bond donors (Lipinski definition) is 2. The molecule has 4 nitrogen and oxygen atoms in total. The third kappa shape index (κ3) is 6.47. The third-order valence-electron chi connectivity index (χ3n) is 2.18. The summed E-state index contributed by atoms with van der Waals surface area (Å²) in [6, 6.07) is 4.88. The molecule has 8 heteroatoms. The summed E-state index contributed by atoms with van der Waals surface area (Å²) in [5.41, 5.74) is 0.344. The summed E-state index contributed by atoms with van der Waals surface area (Å²) in [5, 5.41) is 5.99. The van der Waals surface area contributed by atoms with Crippen molar-refractivity contribution in [3.8, 4) is 0 Å². The number of hydrogen-bond acceptors (Lipinski definition) is 3. The van der Waals surface area contributed by atoms with E-state index in [-0.39, 0.29) is 25.6 Å². The number of para-hydroxylation sites is 1. The second-order valence-electron chi connectivity index (χ2n) is 3.79. The molecule has 0 aliphatic heterocycles. The van der Waals surface area contributed by atoms with Gasteiger partial charge >= 0.3 is 0 Å². The second-order valence-corrected chi connectivity index (χ2v) is 4.60. The summed E-state index contributed by atoms with van der Waals surface area (Å²) in [7, 11) is 0. The zero-order chi connectivity index (χ0) is 15.0. The first kappa shape index (κ1) is 17.1. The van der Waals surface area contributed by atoms with E-state index in [0.29, 0.717) is 15.7 Å². The molecule has 20 heavy (non-hydrogen) atoms. The minimum atomic E-state index is -2.49. The fraction of sp³-hybridized carbons (Fsp3) is 0.417. The first-order valence-corrected chi connectivity index (χ1v) is 6.56. The molecule has 112 valence electrons. The average Bonchev–Trinajstić information content (AvgIpc) is 2.38. The van der Waals surface area contributed by atoms with E-state index < -0.39 is 13.0 Å². The lowest BCUT2D eigenvalue weighted by molar-refractivity contribution is -0.115. The van der Waals surface area contributed by atoms with E-state index in [1.165, 1.54) is 0 Å². The molecule has 0 bridgehead atoms. The van der Waals surface area contributed by atoms with Crippen molar-refractivity contribution < 1.29 is 18.3 Å². The molecule has 0 atom stereocenters. The summed E-state index contributed by atoms with van der Waals surface area (Å²) >= 11 is 11.8. The Morgan fingerprint density at radius 3 is 2.55 bits per heavy atom. The van der Waals surface area contributed by atoms with Gasteiger partial charge in [-0.2, -0.15) is 0 Å². The van der Waals surface area contributed by atoms with Crippen molar-refractivity contribution in [3.05, 3.63) is 28.2 Å². The Hall–Kier alpha value is -0.950. The van der Waals surface area contributed by atoms with Crippen molar-refractivity contribution in [3.63, 3.8) is 0 Å². The Kier molecular flexibility index (Phi) is 7.76. The number of benzene rings is 1. The summed E-state index contributed by atoms with van der Waals surface area (Å²) in [5.74, 6) is -0.339. The van der Waals surface area contributed by atoms with Crippen molar-refractivity contribution in [2.75, 3.05) is 31.6 Å². The van der Waals surface area contributed by atoms with Crippen LogP contribution in [0.3, 0.4) is 0 Å². The molecule has 0 unspecified atom stereocenters. The fourth-order valence-electron chi connectivity index (χ4n) is 1.32. The summed E-state index contributed by atoms with van der Waals surface area (Å²) in [6.45, 7) is -0.219. The van der Waals surface area contributed by atoms with Gasteiger partial charge in [0, 0.05) is 6.54 Å². The highest BCUT2D eigenvalue weighted by Crippen LogP contribution is 2.29. The molecule has 0 aliphatic rings. The molecule has 1 rings (SSSR count). The zero-order valence-electron chi connectivity index (χ0n) is 10.5. The lowest BCUT2D eigenvalue weighted by atomic mass is 10.3. The normalized spacial score (nSPS) is 10.8. The topological polar surface area (TPSA) is 50.4 Å². The molecule has 0 saturated carbocycles. The molecule has 0 radical (unpaired) electrons. The molecular weight excluding hydrogens is 313 g/mol. The standard InChI is InChI=1S/C12H14Cl2F2N2O2/c13-8-2-1-3-9(14)12(8)18-11(19)6-17-4-5-20-7-10(15)16/h1-3,10,17H,4-7H2,(H,18,19). The molecule has 0 fully saturated rings. The highest BCUT2D eigenvalue weighted by molar-refractivity contribution is 6.39. The van der Waals surface area contributed by atoms with Crippen LogP contribution >= 0.6 is 23.2 Å². The maximum Gasteiger partial charge on any atom is 0.261 e. The minimum absolute atomic E-state index is 0.000406. The molecule has 0 aromatic heterocycles. The van der Waals surface area contributed by atoms with Gasteiger partial charge in [0.25, 0.3) is 6.43 Å². The van der Waals surface area contributed by atoms with Gasteiger partial charge in [-0.15, -0.1) is 0 Å². The van der Waals surface area contributed by atoms with Crippen LogP contribution in [0.5, 0.6) is 0 Å². The van der Waals surface area contributed by atoms with Gasteiger partial charge < -0.3 is 15.4 Å². The molecule has 0 saturated heterocycles. The van der Waals surface area contributed by atoms with E-state index in [1.54, 1.807) is 18.2 Å². The number of alkyl halides is 2. The number of carbonyl (C=O) groups is 1. The van der Waals surface area contributed by atoms with Gasteiger partial charge in [0.2, 0.25) is 5.91 Å². The summed E-state index contributed by atoms with van der Waals surface area (Å²) < 4.78 is 28.2. The van der Waals surface area contributed by atoms with E-state index in [4.69, 9.17) is 23.2 Å². The molecule has 0 spiro atoms. The third-order valence-corrected chi connectivity index (χ3v) is 2.81. The molecule has 0 heterocycles. The van der Waals surface area contributed by atoms with E-state index >= 15 is 0 Å². The smallest absolute Gasteiger partial charge is 0.261 e. The van der Waals surface area contributed by atoms with Crippen LogP contribution in [0, 0.1) is 0 Å². The second kappa shape index (κ2) is 9.07. The van der Waals surface area contributed by atoms with E-state index in [9.17, 15) is 13.6 Å². The van der Waals surface area contributed by atoms with Crippen molar-refractivity contribution in [2.24, 2.45) is 0 Å². The van der Waals surface area contributed by atoms with Gasteiger partial charge in [-0.3, -0.25) is 4.79 Å². The van der Waals surface area contributed by atoms with Gasteiger partial charge in [-0.25, -0.2) is 8.78 Å². The lowest BCUT2D eigenvalue weighted by Gasteiger charge is -2.10. The highest BCUT2D eigenvalue weighted by Gasteiger charge is 2.09. The van der Waals surface area contributed by atoms with Gasteiger partial charge in [0.1, 0.15) is 6.61 Å². The molecule has 1 amide bonds. The van der Waals surface area contributed by atoms with Crippen molar-refractivity contribution in [2.45, 2.75) is 6.43 Å². The van der Waals surface area contributed by atoms with Crippen LogP contribution in [0.1, 0.15) is 0 Å². The van der Waals surface area contributed by atoms with Crippen molar-refractivity contribution >= 4 is 34.8 Å². The van der Waals surface area contributed by atoms with Gasteiger partial charge in [0.05, 0.1) is 28.9 Å². The lowest BCUT2D eigenvalue weighted by Crippen LogP contribution is -2.31. The van der Waals surface area contributed by atoms with Gasteiger partial charge in [-0.1, -0.05) is 29.3 Å². The number of nitrogens with one attached hydrogen (secondary N) is 2. The van der Waals surface area contributed by atoms with E-state index in [2.05, 4.69) is 15.4 Å². The number of anilines is 1. The van der Waals surface area contributed by atoms with Crippen LogP contribution < -0.4 is 10.6 Å².